The fraction of sp³-hybridized carbons (Fsp3) is 0.438. The molecule has 2 rings (SSSR count). The molecule has 28 heavy (non-hydrogen) atoms. The average molecular weight is 437 g/mol. The van der Waals surface area contributed by atoms with Gasteiger partial charge in [-0.25, -0.2) is 0 Å². The van der Waals surface area contributed by atoms with Crippen molar-refractivity contribution in [2.45, 2.75) is 17.2 Å². The van der Waals surface area contributed by atoms with Gasteiger partial charge >= 0.3 is 6.18 Å². The first-order valence-corrected chi connectivity index (χ1v) is 10.3. The van der Waals surface area contributed by atoms with E-state index in [9.17, 15) is 18.0 Å². The van der Waals surface area contributed by atoms with E-state index in [1.165, 1.54) is 18.9 Å². The van der Waals surface area contributed by atoms with Gasteiger partial charge in [0.25, 0.3) is 5.22 Å². The highest BCUT2D eigenvalue weighted by Gasteiger charge is 2.31. The van der Waals surface area contributed by atoms with Crippen LogP contribution in [0.3, 0.4) is 0 Å². The fourth-order valence-corrected chi connectivity index (χ4v) is 2.90. The van der Waals surface area contributed by atoms with Crippen molar-refractivity contribution in [1.82, 2.24) is 10.2 Å². The minimum atomic E-state index is -4.54. The number of rotatable bonds is 10. The maximum Gasteiger partial charge on any atom is 0.416 e. The average Bonchev–Trinajstić information content (AvgIpc) is 3.08. The van der Waals surface area contributed by atoms with Gasteiger partial charge in [-0.3, -0.25) is 4.79 Å². The summed E-state index contributed by atoms with van der Waals surface area (Å²) >= 11 is 2.49. The summed E-state index contributed by atoms with van der Waals surface area (Å²) < 4.78 is 54.5. The van der Waals surface area contributed by atoms with Crippen molar-refractivity contribution in [3.8, 4) is 5.75 Å². The number of nitrogens with one attached hydrogen (secondary N) is 1. The van der Waals surface area contributed by atoms with E-state index in [2.05, 4.69) is 15.5 Å². The number of amides is 1. The molecule has 0 spiro atoms. The molecule has 0 aliphatic carbocycles. The van der Waals surface area contributed by atoms with Crippen LogP contribution in [0.25, 0.3) is 0 Å². The monoisotopic (exact) mass is 437 g/mol. The van der Waals surface area contributed by atoms with Gasteiger partial charge in [-0.15, -0.1) is 10.2 Å². The predicted molar refractivity (Wildman–Crippen MR) is 99.7 cm³/mol. The molecule has 0 atom stereocenters. The SMILES string of the molecule is COCCOc1ccc(C(F)(F)F)cc1NC(=O)CSc1nnc(CSC)o1. The van der Waals surface area contributed by atoms with Gasteiger partial charge in [-0.1, -0.05) is 11.8 Å². The summed E-state index contributed by atoms with van der Waals surface area (Å²) in [6.07, 6.45) is -2.66. The molecule has 1 heterocycles. The number of carbonyl (C=O) groups is 1. The lowest BCUT2D eigenvalue weighted by atomic mass is 10.1. The van der Waals surface area contributed by atoms with E-state index < -0.39 is 17.6 Å². The minimum absolute atomic E-state index is 0.0786. The molecule has 0 bridgehead atoms. The van der Waals surface area contributed by atoms with Crippen molar-refractivity contribution >= 4 is 35.1 Å². The van der Waals surface area contributed by atoms with Crippen LogP contribution in [0.4, 0.5) is 18.9 Å². The number of anilines is 1. The Kier molecular flexibility index (Phi) is 8.45. The van der Waals surface area contributed by atoms with Gasteiger partial charge in [0, 0.05) is 7.11 Å². The molecule has 12 heteroatoms. The Bertz CT molecular complexity index is 787. The molecule has 1 aromatic heterocycles. The Morgan fingerprint density at radius 1 is 1.29 bits per heavy atom. The summed E-state index contributed by atoms with van der Waals surface area (Å²) in [7, 11) is 1.47. The number of halogens is 3. The van der Waals surface area contributed by atoms with Crippen LogP contribution in [0.5, 0.6) is 5.75 Å². The van der Waals surface area contributed by atoms with Crippen LogP contribution in [-0.4, -0.2) is 48.4 Å². The number of thioether (sulfide) groups is 2. The molecule has 7 nitrogen and oxygen atoms in total. The zero-order valence-corrected chi connectivity index (χ0v) is 16.7. The highest BCUT2D eigenvalue weighted by molar-refractivity contribution is 7.99. The molecule has 0 saturated heterocycles. The van der Waals surface area contributed by atoms with Crippen LogP contribution in [0.2, 0.25) is 0 Å². The van der Waals surface area contributed by atoms with E-state index >= 15 is 0 Å². The molecule has 0 fully saturated rings. The smallest absolute Gasteiger partial charge is 0.416 e. The summed E-state index contributed by atoms with van der Waals surface area (Å²) in [5.74, 6) is 0.442. The van der Waals surface area contributed by atoms with Crippen molar-refractivity contribution < 1.29 is 31.9 Å². The van der Waals surface area contributed by atoms with Crippen LogP contribution in [0, 0.1) is 0 Å². The van der Waals surface area contributed by atoms with E-state index in [-0.39, 0.29) is 35.6 Å². The Morgan fingerprint density at radius 3 is 2.75 bits per heavy atom. The number of methoxy groups -OCH3 is 1. The number of hydrogen-bond acceptors (Lipinski definition) is 8. The van der Waals surface area contributed by atoms with Gasteiger partial charge < -0.3 is 19.2 Å². The van der Waals surface area contributed by atoms with E-state index in [0.29, 0.717) is 11.6 Å². The molecule has 0 saturated carbocycles. The Hall–Kier alpha value is -1.92. The lowest BCUT2D eigenvalue weighted by Crippen LogP contribution is -2.17. The molecule has 0 unspecified atom stereocenters. The van der Waals surface area contributed by atoms with Gasteiger partial charge in [-0.05, 0) is 24.5 Å². The summed E-state index contributed by atoms with van der Waals surface area (Å²) in [6, 6.07) is 2.88. The largest absolute Gasteiger partial charge is 0.489 e. The molecule has 0 aliphatic heterocycles. The Labute approximate surface area is 167 Å². The number of aromatic nitrogens is 2. The van der Waals surface area contributed by atoms with Crippen molar-refractivity contribution in [2.24, 2.45) is 0 Å². The summed E-state index contributed by atoms with van der Waals surface area (Å²) in [6.45, 7) is 0.374. The maximum absolute atomic E-state index is 13.0. The summed E-state index contributed by atoms with van der Waals surface area (Å²) in [4.78, 5) is 12.2. The zero-order chi connectivity index (χ0) is 20.6. The second kappa shape index (κ2) is 10.6. The fourth-order valence-electron chi connectivity index (χ4n) is 1.96. The second-order valence-electron chi connectivity index (χ2n) is 5.28. The van der Waals surface area contributed by atoms with E-state index in [1.54, 1.807) is 0 Å². The zero-order valence-electron chi connectivity index (χ0n) is 15.0. The van der Waals surface area contributed by atoms with E-state index in [0.717, 1.165) is 30.0 Å². The van der Waals surface area contributed by atoms with Crippen LogP contribution >= 0.6 is 23.5 Å². The highest BCUT2D eigenvalue weighted by atomic mass is 32.2. The number of hydrogen-bond donors (Lipinski definition) is 1. The molecule has 2 aromatic rings. The van der Waals surface area contributed by atoms with Crippen LogP contribution in [0.1, 0.15) is 11.5 Å². The van der Waals surface area contributed by atoms with Crippen molar-refractivity contribution in [2.75, 3.05) is 37.6 Å². The Balaban J connectivity index is 2.04. The first kappa shape index (κ1) is 22.4. The third-order valence-electron chi connectivity index (χ3n) is 3.17. The van der Waals surface area contributed by atoms with Crippen LogP contribution in [-0.2, 0) is 21.5 Å². The molecular weight excluding hydrogens is 419 g/mol. The molecule has 1 amide bonds. The molecular formula is C16H18F3N3O4S2. The van der Waals surface area contributed by atoms with Crippen molar-refractivity contribution in [3.05, 3.63) is 29.7 Å². The number of ether oxygens (including phenoxy) is 2. The number of alkyl halides is 3. The lowest BCUT2D eigenvalue weighted by molar-refractivity contribution is -0.137. The van der Waals surface area contributed by atoms with E-state index in [1.807, 2.05) is 6.26 Å². The second-order valence-corrected chi connectivity index (χ2v) is 7.07. The summed E-state index contributed by atoms with van der Waals surface area (Å²) in [5, 5.41) is 10.2. The first-order chi connectivity index (χ1) is 13.3. The van der Waals surface area contributed by atoms with Gasteiger partial charge in [0.1, 0.15) is 12.4 Å². The molecule has 0 aliphatic rings. The molecule has 0 radical (unpaired) electrons. The topological polar surface area (TPSA) is 86.5 Å². The number of benzene rings is 1. The van der Waals surface area contributed by atoms with Gasteiger partial charge in [-0.2, -0.15) is 24.9 Å². The standard InChI is InChI=1S/C16H18F3N3O4S2/c1-24-5-6-25-12-4-3-10(16(17,18)19)7-11(12)20-13(23)8-28-15-22-21-14(26-15)9-27-2/h3-4,7H,5-6,8-9H2,1-2H3,(H,20,23). The van der Waals surface area contributed by atoms with Crippen LogP contribution in [0.15, 0.2) is 27.8 Å². The van der Waals surface area contributed by atoms with Gasteiger partial charge in [0.05, 0.1) is 29.4 Å². The highest BCUT2D eigenvalue weighted by Crippen LogP contribution is 2.35. The Morgan fingerprint density at radius 2 is 2.07 bits per heavy atom. The third kappa shape index (κ3) is 6.91. The van der Waals surface area contributed by atoms with Gasteiger partial charge in [0.15, 0.2) is 0 Å². The molecule has 154 valence electrons. The predicted octanol–water partition coefficient (Wildman–Crippen LogP) is 3.71. The minimum Gasteiger partial charge on any atom is -0.489 e. The maximum atomic E-state index is 13.0. The van der Waals surface area contributed by atoms with Crippen molar-refractivity contribution in [3.63, 3.8) is 0 Å². The van der Waals surface area contributed by atoms with Crippen molar-refractivity contribution in [1.29, 1.82) is 0 Å². The molecule has 1 N–H and O–H groups in total. The number of carbonyl (C=O) groups excluding carboxylic acids is 1. The quantitative estimate of drug-likeness (QED) is 0.445. The first-order valence-electron chi connectivity index (χ1n) is 7.90. The third-order valence-corrected chi connectivity index (χ3v) is 4.52. The summed E-state index contributed by atoms with van der Waals surface area (Å²) in [5.41, 5.74) is -0.974. The number of nitrogens with zero attached hydrogens (tertiary/aromatic N) is 2. The van der Waals surface area contributed by atoms with E-state index in [4.69, 9.17) is 13.9 Å². The molecule has 1 aromatic carbocycles. The normalized spacial score (nSPS) is 11.5. The van der Waals surface area contributed by atoms with Gasteiger partial charge in [0.2, 0.25) is 11.8 Å². The lowest BCUT2D eigenvalue weighted by Gasteiger charge is -2.15. The van der Waals surface area contributed by atoms with Crippen LogP contribution < -0.4 is 10.1 Å².